The maximum absolute atomic E-state index is 12.8. The van der Waals surface area contributed by atoms with Crippen molar-refractivity contribution in [1.29, 1.82) is 0 Å². The lowest BCUT2D eigenvalue weighted by Crippen LogP contribution is -2.36. The summed E-state index contributed by atoms with van der Waals surface area (Å²) in [6.45, 7) is 0. The van der Waals surface area contributed by atoms with Crippen LogP contribution in [0.1, 0.15) is 10.4 Å². The van der Waals surface area contributed by atoms with E-state index in [-0.39, 0.29) is 11.3 Å². The van der Waals surface area contributed by atoms with Crippen LogP contribution in [0.15, 0.2) is 54.6 Å². The Bertz CT molecular complexity index is 835. The quantitative estimate of drug-likeness (QED) is 0.837. The number of Topliss-reactive ketones (excluding diaryl/α,β-unsaturated/α-hetero) is 1. The highest BCUT2D eigenvalue weighted by Gasteiger charge is 2.33. The molecule has 2 aromatic carbocycles. The van der Waals surface area contributed by atoms with Crippen molar-refractivity contribution in [2.75, 3.05) is 11.6 Å². The van der Waals surface area contributed by atoms with E-state index in [0.717, 1.165) is 18.4 Å². The molecule has 0 radical (unpaired) electrons. The van der Waals surface area contributed by atoms with Crippen LogP contribution in [0.25, 0.3) is 0 Å². The first kappa shape index (κ1) is 17.6. The van der Waals surface area contributed by atoms with Crippen LogP contribution >= 0.6 is 0 Å². The number of ether oxygens (including phenoxy) is 1. The van der Waals surface area contributed by atoms with E-state index >= 15 is 0 Å². The first-order valence-corrected chi connectivity index (χ1v) is 8.74. The molecule has 0 saturated carbocycles. The minimum Gasteiger partial charge on any atom is -0.421 e. The van der Waals surface area contributed by atoms with Crippen LogP contribution in [-0.4, -0.2) is 32.0 Å². The summed E-state index contributed by atoms with van der Waals surface area (Å²) in [7, 11) is -4.00. The van der Waals surface area contributed by atoms with E-state index in [1.54, 1.807) is 18.2 Å². The Morgan fingerprint density at radius 1 is 1.04 bits per heavy atom. The van der Waals surface area contributed by atoms with Gasteiger partial charge in [0.05, 0.1) is 0 Å². The van der Waals surface area contributed by atoms with Gasteiger partial charge in [0.25, 0.3) is 5.44 Å². The van der Waals surface area contributed by atoms with Crippen LogP contribution in [0.2, 0.25) is 0 Å². The zero-order chi connectivity index (χ0) is 17.7. The van der Waals surface area contributed by atoms with Crippen LogP contribution in [0.4, 0.5) is 14.9 Å². The van der Waals surface area contributed by atoms with Gasteiger partial charge in [0, 0.05) is 17.5 Å². The monoisotopic (exact) mass is 351 g/mol. The summed E-state index contributed by atoms with van der Waals surface area (Å²) in [5, 5.41) is 2.23. The molecule has 0 spiro atoms. The molecule has 1 unspecified atom stereocenters. The van der Waals surface area contributed by atoms with Gasteiger partial charge < -0.3 is 4.74 Å². The zero-order valence-electron chi connectivity index (χ0n) is 12.6. The lowest BCUT2D eigenvalue weighted by Gasteiger charge is -2.15. The average Bonchev–Trinajstić information content (AvgIpc) is 2.54. The standard InChI is InChI=1S/C16H14FNO5S/c1-24(21,22)15(14(19)11-5-3-2-4-6-11)23-16(20)18-13-9-7-12(17)8-10-13/h2-10,15H,1H3,(H,18,20). The second-order valence-corrected chi connectivity index (χ2v) is 7.02. The Morgan fingerprint density at radius 2 is 1.62 bits per heavy atom. The molecule has 0 bridgehead atoms. The largest absolute Gasteiger partial charge is 0.421 e. The van der Waals surface area contributed by atoms with Crippen molar-refractivity contribution in [3.8, 4) is 0 Å². The summed E-state index contributed by atoms with van der Waals surface area (Å²) in [6, 6.07) is 12.4. The third-order valence-electron chi connectivity index (χ3n) is 2.97. The molecule has 8 heteroatoms. The zero-order valence-corrected chi connectivity index (χ0v) is 13.4. The van der Waals surface area contributed by atoms with Crippen molar-refractivity contribution >= 4 is 27.4 Å². The second-order valence-electron chi connectivity index (χ2n) is 4.93. The molecule has 1 amide bonds. The van der Waals surface area contributed by atoms with Crippen LogP contribution in [0.3, 0.4) is 0 Å². The molecule has 6 nitrogen and oxygen atoms in total. The third kappa shape index (κ3) is 4.63. The van der Waals surface area contributed by atoms with Gasteiger partial charge in [0.15, 0.2) is 9.84 Å². The van der Waals surface area contributed by atoms with Gasteiger partial charge >= 0.3 is 6.09 Å². The minimum atomic E-state index is -4.00. The first-order chi connectivity index (χ1) is 11.3. The number of rotatable bonds is 5. The predicted molar refractivity (Wildman–Crippen MR) is 85.9 cm³/mol. The maximum atomic E-state index is 12.8. The molecule has 2 aromatic rings. The molecule has 0 aliphatic heterocycles. The Balaban J connectivity index is 2.16. The molecule has 0 saturated heterocycles. The van der Waals surface area contributed by atoms with Crippen molar-refractivity contribution in [3.63, 3.8) is 0 Å². The molecule has 1 atom stereocenters. The second kappa shape index (κ2) is 7.22. The SMILES string of the molecule is CS(=O)(=O)C(OC(=O)Nc1ccc(F)cc1)C(=O)c1ccccc1. The number of nitrogens with one attached hydrogen (secondary N) is 1. The fraction of sp³-hybridized carbons (Fsp3) is 0.125. The fourth-order valence-electron chi connectivity index (χ4n) is 1.85. The van der Waals surface area contributed by atoms with Gasteiger partial charge in [-0.1, -0.05) is 30.3 Å². The van der Waals surface area contributed by atoms with Crippen LogP contribution in [0.5, 0.6) is 0 Å². The Morgan fingerprint density at radius 3 is 2.17 bits per heavy atom. The fourth-order valence-corrected chi connectivity index (χ4v) is 2.64. The third-order valence-corrected chi connectivity index (χ3v) is 4.05. The van der Waals surface area contributed by atoms with Crippen LogP contribution in [-0.2, 0) is 14.6 Å². The van der Waals surface area contributed by atoms with E-state index in [0.29, 0.717) is 0 Å². The van der Waals surface area contributed by atoms with Crippen LogP contribution in [0, 0.1) is 5.82 Å². The number of carbonyl (C=O) groups is 2. The van der Waals surface area contributed by atoms with E-state index < -0.39 is 33.0 Å². The number of ketones is 1. The number of hydrogen-bond acceptors (Lipinski definition) is 5. The summed E-state index contributed by atoms with van der Waals surface area (Å²) < 4.78 is 41.2. The van der Waals surface area contributed by atoms with Gasteiger partial charge in [0.2, 0.25) is 5.78 Å². The van der Waals surface area contributed by atoms with Crippen molar-refractivity contribution in [2.45, 2.75) is 5.44 Å². The molecule has 126 valence electrons. The number of benzene rings is 2. The molecule has 1 N–H and O–H groups in total. The number of hydrogen-bond donors (Lipinski definition) is 1. The molecule has 0 aromatic heterocycles. The maximum Gasteiger partial charge on any atom is 0.413 e. The molecule has 0 heterocycles. The molecule has 2 rings (SSSR count). The lowest BCUT2D eigenvalue weighted by molar-refractivity contribution is 0.0805. The summed E-state index contributed by atoms with van der Waals surface area (Å²) in [5.74, 6) is -1.35. The Hall–Kier alpha value is -2.74. The van der Waals surface area contributed by atoms with E-state index in [1.807, 2.05) is 0 Å². The van der Waals surface area contributed by atoms with Crippen LogP contribution < -0.4 is 5.32 Å². The van der Waals surface area contributed by atoms with E-state index in [9.17, 15) is 22.4 Å². The summed E-state index contributed by atoms with van der Waals surface area (Å²) >= 11 is 0. The topological polar surface area (TPSA) is 89.5 Å². The normalized spacial score (nSPS) is 12.2. The molecular weight excluding hydrogens is 337 g/mol. The molecule has 0 aliphatic rings. The smallest absolute Gasteiger partial charge is 0.413 e. The van der Waals surface area contributed by atoms with Gasteiger partial charge in [-0.25, -0.2) is 17.6 Å². The molecular formula is C16H14FNO5S. The highest BCUT2D eigenvalue weighted by molar-refractivity contribution is 7.91. The predicted octanol–water partition coefficient (Wildman–Crippen LogP) is 2.63. The van der Waals surface area contributed by atoms with Gasteiger partial charge in [-0.15, -0.1) is 0 Å². The summed E-state index contributed by atoms with van der Waals surface area (Å²) in [6.07, 6.45) is -0.342. The first-order valence-electron chi connectivity index (χ1n) is 6.79. The highest BCUT2D eigenvalue weighted by atomic mass is 32.2. The highest BCUT2D eigenvalue weighted by Crippen LogP contribution is 2.14. The summed E-state index contributed by atoms with van der Waals surface area (Å²) in [4.78, 5) is 24.1. The number of carbonyl (C=O) groups excluding carboxylic acids is 2. The molecule has 24 heavy (non-hydrogen) atoms. The van der Waals surface area contributed by atoms with Gasteiger partial charge in [-0.2, -0.15) is 0 Å². The van der Waals surface area contributed by atoms with Crippen molar-refractivity contribution in [1.82, 2.24) is 0 Å². The molecule has 0 fully saturated rings. The van der Waals surface area contributed by atoms with Gasteiger partial charge in [-0.3, -0.25) is 10.1 Å². The van der Waals surface area contributed by atoms with E-state index in [1.165, 1.54) is 24.3 Å². The number of amides is 1. The number of halogens is 1. The Labute approximate surface area is 138 Å². The van der Waals surface area contributed by atoms with Crippen molar-refractivity contribution < 1.29 is 27.1 Å². The number of anilines is 1. The van der Waals surface area contributed by atoms with Crippen molar-refractivity contribution in [3.05, 3.63) is 66.0 Å². The average molecular weight is 351 g/mol. The van der Waals surface area contributed by atoms with Crippen molar-refractivity contribution in [2.24, 2.45) is 0 Å². The van der Waals surface area contributed by atoms with Gasteiger partial charge in [-0.05, 0) is 24.3 Å². The lowest BCUT2D eigenvalue weighted by atomic mass is 10.1. The Kier molecular flexibility index (Phi) is 5.30. The summed E-state index contributed by atoms with van der Waals surface area (Å²) in [5.41, 5.74) is -1.68. The van der Waals surface area contributed by atoms with Gasteiger partial charge in [0.1, 0.15) is 5.82 Å². The number of sulfone groups is 1. The van der Waals surface area contributed by atoms with E-state index in [2.05, 4.69) is 5.32 Å². The minimum absolute atomic E-state index is 0.0995. The van der Waals surface area contributed by atoms with E-state index in [4.69, 9.17) is 4.74 Å². The molecule has 0 aliphatic carbocycles.